The highest BCUT2D eigenvalue weighted by molar-refractivity contribution is 5.28. The first-order valence-corrected chi connectivity index (χ1v) is 6.25. The molecule has 1 aromatic heterocycles. The van der Waals surface area contributed by atoms with E-state index in [9.17, 15) is 9.90 Å². The van der Waals surface area contributed by atoms with E-state index in [0.29, 0.717) is 29.7 Å². The minimum absolute atomic E-state index is 0.0400. The molecule has 0 aliphatic carbocycles. The van der Waals surface area contributed by atoms with Crippen molar-refractivity contribution in [2.75, 3.05) is 0 Å². The van der Waals surface area contributed by atoms with Crippen LogP contribution in [-0.4, -0.2) is 11.2 Å². The number of aryl methyl sites for hydroxylation is 1. The Morgan fingerprint density at radius 3 is 2.29 bits per heavy atom. The van der Waals surface area contributed by atoms with Gasteiger partial charge < -0.3 is 9.52 Å². The first-order valence-electron chi connectivity index (χ1n) is 6.25. The third-order valence-electron chi connectivity index (χ3n) is 3.43. The Morgan fingerprint density at radius 2 is 1.82 bits per heavy atom. The lowest BCUT2D eigenvalue weighted by molar-refractivity contribution is 0.133. The van der Waals surface area contributed by atoms with Gasteiger partial charge in [-0.2, -0.15) is 0 Å². The van der Waals surface area contributed by atoms with Crippen molar-refractivity contribution in [3.05, 3.63) is 32.9 Å². The summed E-state index contributed by atoms with van der Waals surface area (Å²) in [6.45, 7) is 9.35. The summed E-state index contributed by atoms with van der Waals surface area (Å²) in [5.74, 6) is 1.22. The Labute approximate surface area is 102 Å². The average molecular weight is 238 g/mol. The molecular formula is C14H22O3. The number of hydrogen-bond donors (Lipinski definition) is 1. The molecule has 3 heteroatoms. The molecule has 0 aliphatic rings. The van der Waals surface area contributed by atoms with Crippen LogP contribution in [0, 0.1) is 13.8 Å². The molecule has 0 radical (unpaired) electrons. The molecule has 17 heavy (non-hydrogen) atoms. The molecule has 1 aromatic rings. The zero-order valence-corrected chi connectivity index (χ0v) is 11.3. The zero-order chi connectivity index (χ0) is 13.2. The van der Waals surface area contributed by atoms with Crippen LogP contribution in [0.1, 0.15) is 55.8 Å². The van der Waals surface area contributed by atoms with E-state index in [1.165, 1.54) is 0 Å². The van der Waals surface area contributed by atoms with E-state index in [1.807, 2.05) is 20.8 Å². The van der Waals surface area contributed by atoms with Crippen molar-refractivity contribution in [3.63, 3.8) is 0 Å². The topological polar surface area (TPSA) is 50.4 Å². The maximum atomic E-state index is 12.0. The van der Waals surface area contributed by atoms with Crippen LogP contribution in [0.3, 0.4) is 0 Å². The van der Waals surface area contributed by atoms with E-state index < -0.39 is 6.10 Å². The summed E-state index contributed by atoms with van der Waals surface area (Å²) in [4.78, 5) is 12.0. The minimum Gasteiger partial charge on any atom is -0.465 e. The van der Waals surface area contributed by atoms with Crippen molar-refractivity contribution in [2.45, 2.75) is 59.5 Å². The van der Waals surface area contributed by atoms with Crippen LogP contribution in [0.4, 0.5) is 0 Å². The van der Waals surface area contributed by atoms with Crippen molar-refractivity contribution in [3.8, 4) is 0 Å². The molecule has 0 fully saturated rings. The van der Waals surface area contributed by atoms with E-state index in [2.05, 4.69) is 0 Å². The van der Waals surface area contributed by atoms with Crippen LogP contribution < -0.4 is 5.43 Å². The van der Waals surface area contributed by atoms with Gasteiger partial charge in [0.05, 0.1) is 6.10 Å². The molecule has 2 atom stereocenters. The molecule has 3 nitrogen and oxygen atoms in total. The quantitative estimate of drug-likeness (QED) is 0.877. The van der Waals surface area contributed by atoms with Crippen molar-refractivity contribution in [1.29, 1.82) is 0 Å². The first-order chi connectivity index (χ1) is 7.93. The van der Waals surface area contributed by atoms with Gasteiger partial charge in [0.2, 0.25) is 0 Å². The Kier molecular flexibility index (Phi) is 4.52. The van der Waals surface area contributed by atoms with Crippen LogP contribution in [-0.2, 0) is 6.42 Å². The van der Waals surface area contributed by atoms with Crippen LogP contribution in [0.15, 0.2) is 9.21 Å². The molecule has 96 valence electrons. The SMILES string of the molecule is CCc1oc([C@@H](C)[C@@H](O)CC)c(C)c(=O)c1C. The van der Waals surface area contributed by atoms with Crippen LogP contribution in [0.2, 0.25) is 0 Å². The standard InChI is InChI=1S/C14H22O3/c1-6-11(15)8(3)14-10(5)13(16)9(4)12(7-2)17-14/h8,11,15H,6-7H2,1-5H3/t8-,11-/m0/s1. The fourth-order valence-corrected chi connectivity index (χ4v) is 2.11. The van der Waals surface area contributed by atoms with Crippen molar-refractivity contribution in [1.82, 2.24) is 0 Å². The Bertz CT molecular complexity index is 446. The smallest absolute Gasteiger partial charge is 0.191 e. The number of hydrogen-bond acceptors (Lipinski definition) is 3. The predicted molar refractivity (Wildman–Crippen MR) is 68.5 cm³/mol. The van der Waals surface area contributed by atoms with Gasteiger partial charge in [0.15, 0.2) is 5.43 Å². The van der Waals surface area contributed by atoms with Crippen LogP contribution in [0.5, 0.6) is 0 Å². The number of aliphatic hydroxyl groups is 1. The van der Waals surface area contributed by atoms with Crippen molar-refractivity contribution >= 4 is 0 Å². The molecule has 1 rings (SSSR count). The van der Waals surface area contributed by atoms with Gasteiger partial charge in [-0.25, -0.2) is 0 Å². The monoisotopic (exact) mass is 238 g/mol. The highest BCUT2D eigenvalue weighted by Gasteiger charge is 2.22. The summed E-state index contributed by atoms with van der Waals surface area (Å²) in [5.41, 5.74) is 1.35. The van der Waals surface area contributed by atoms with E-state index >= 15 is 0 Å². The van der Waals surface area contributed by atoms with E-state index in [-0.39, 0.29) is 11.3 Å². The summed E-state index contributed by atoms with van der Waals surface area (Å²) < 4.78 is 5.79. The predicted octanol–water partition coefficient (Wildman–Crippen LogP) is 2.69. The van der Waals surface area contributed by atoms with Gasteiger partial charge in [0.1, 0.15) is 11.5 Å². The molecule has 0 aromatic carbocycles. The number of aliphatic hydroxyl groups excluding tert-OH is 1. The molecule has 0 spiro atoms. The summed E-state index contributed by atoms with van der Waals surface area (Å²) in [7, 11) is 0. The fraction of sp³-hybridized carbons (Fsp3) is 0.643. The molecule has 0 aliphatic heterocycles. The van der Waals surface area contributed by atoms with Gasteiger partial charge in [0.25, 0.3) is 0 Å². The second-order valence-electron chi connectivity index (χ2n) is 4.59. The molecular weight excluding hydrogens is 216 g/mol. The first kappa shape index (κ1) is 14.0. The largest absolute Gasteiger partial charge is 0.465 e. The normalized spacial score (nSPS) is 14.7. The molecule has 1 N–H and O–H groups in total. The Morgan fingerprint density at radius 1 is 1.24 bits per heavy atom. The van der Waals surface area contributed by atoms with Gasteiger partial charge in [-0.15, -0.1) is 0 Å². The second kappa shape index (κ2) is 5.50. The minimum atomic E-state index is -0.468. The van der Waals surface area contributed by atoms with Crippen molar-refractivity contribution in [2.24, 2.45) is 0 Å². The maximum Gasteiger partial charge on any atom is 0.191 e. The van der Waals surface area contributed by atoms with Gasteiger partial charge in [-0.1, -0.05) is 20.8 Å². The number of rotatable bonds is 4. The lowest BCUT2D eigenvalue weighted by Crippen LogP contribution is -2.21. The summed E-state index contributed by atoms with van der Waals surface area (Å²) >= 11 is 0. The average Bonchev–Trinajstić information content (AvgIpc) is 2.34. The molecule has 1 heterocycles. The van der Waals surface area contributed by atoms with Gasteiger partial charge in [0, 0.05) is 23.5 Å². The van der Waals surface area contributed by atoms with Crippen LogP contribution >= 0.6 is 0 Å². The second-order valence-corrected chi connectivity index (χ2v) is 4.59. The zero-order valence-electron chi connectivity index (χ0n) is 11.3. The molecule has 0 bridgehead atoms. The Hall–Kier alpha value is -1.09. The third-order valence-corrected chi connectivity index (χ3v) is 3.43. The van der Waals surface area contributed by atoms with E-state index in [1.54, 1.807) is 13.8 Å². The summed E-state index contributed by atoms with van der Waals surface area (Å²) in [6, 6.07) is 0. The fourth-order valence-electron chi connectivity index (χ4n) is 2.11. The molecule has 0 saturated heterocycles. The molecule has 0 amide bonds. The molecule has 0 unspecified atom stereocenters. The lowest BCUT2D eigenvalue weighted by atomic mass is 9.95. The molecule has 0 saturated carbocycles. The van der Waals surface area contributed by atoms with Crippen molar-refractivity contribution < 1.29 is 9.52 Å². The van der Waals surface area contributed by atoms with Gasteiger partial charge in [-0.05, 0) is 20.3 Å². The summed E-state index contributed by atoms with van der Waals surface area (Å²) in [6.07, 6.45) is 0.882. The Balaban J connectivity index is 3.35. The highest BCUT2D eigenvalue weighted by Crippen LogP contribution is 2.25. The van der Waals surface area contributed by atoms with E-state index in [4.69, 9.17) is 4.42 Å². The highest BCUT2D eigenvalue weighted by atomic mass is 16.3. The van der Waals surface area contributed by atoms with E-state index in [0.717, 1.165) is 5.76 Å². The third kappa shape index (κ3) is 2.60. The maximum absolute atomic E-state index is 12.0. The van der Waals surface area contributed by atoms with Gasteiger partial charge >= 0.3 is 0 Å². The van der Waals surface area contributed by atoms with Crippen LogP contribution in [0.25, 0.3) is 0 Å². The summed E-state index contributed by atoms with van der Waals surface area (Å²) in [5, 5.41) is 9.87. The lowest BCUT2D eigenvalue weighted by Gasteiger charge is -2.19. The van der Waals surface area contributed by atoms with Gasteiger partial charge in [-0.3, -0.25) is 4.79 Å².